The van der Waals surface area contributed by atoms with Crippen molar-refractivity contribution >= 4 is 17.3 Å². The highest BCUT2D eigenvalue weighted by Crippen LogP contribution is 2.65. The van der Waals surface area contributed by atoms with Crippen LogP contribution in [0.1, 0.15) is 72.1 Å². The van der Waals surface area contributed by atoms with Crippen LogP contribution in [0.5, 0.6) is 0 Å². The van der Waals surface area contributed by atoms with Crippen LogP contribution in [-0.4, -0.2) is 28.1 Å². The number of ketones is 3. The topological polar surface area (TPSA) is 71.4 Å². The average molecular weight is 346 g/mol. The molecule has 0 unspecified atom stereocenters. The van der Waals surface area contributed by atoms with Crippen molar-refractivity contribution in [3.8, 4) is 0 Å². The number of rotatable bonds is 1. The molecular formula is C21H30O4. The molecule has 0 aromatic rings. The van der Waals surface area contributed by atoms with E-state index < -0.39 is 5.60 Å². The molecule has 0 saturated heterocycles. The molecule has 4 aliphatic rings. The van der Waals surface area contributed by atoms with Crippen molar-refractivity contribution in [3.63, 3.8) is 0 Å². The van der Waals surface area contributed by atoms with E-state index in [1.807, 2.05) is 0 Å². The zero-order valence-electron chi connectivity index (χ0n) is 15.6. The molecule has 0 aliphatic heterocycles. The van der Waals surface area contributed by atoms with Gasteiger partial charge in [-0.3, -0.25) is 14.4 Å². The van der Waals surface area contributed by atoms with Gasteiger partial charge in [-0.1, -0.05) is 13.8 Å². The quantitative estimate of drug-likeness (QED) is 0.792. The molecule has 0 amide bonds. The lowest BCUT2D eigenvalue weighted by Crippen LogP contribution is -2.59. The molecule has 0 heterocycles. The minimum absolute atomic E-state index is 0.00717. The minimum Gasteiger partial charge on any atom is -0.382 e. The number of aliphatic hydroxyl groups is 1. The Labute approximate surface area is 149 Å². The van der Waals surface area contributed by atoms with Crippen LogP contribution >= 0.6 is 0 Å². The van der Waals surface area contributed by atoms with E-state index in [1.54, 1.807) is 0 Å². The largest absolute Gasteiger partial charge is 0.382 e. The third-order valence-electron chi connectivity index (χ3n) is 8.90. The van der Waals surface area contributed by atoms with Gasteiger partial charge >= 0.3 is 0 Å². The van der Waals surface area contributed by atoms with E-state index in [1.165, 1.54) is 6.92 Å². The minimum atomic E-state index is -1.25. The summed E-state index contributed by atoms with van der Waals surface area (Å²) in [4.78, 5) is 37.5. The van der Waals surface area contributed by atoms with Gasteiger partial charge in [-0.05, 0) is 68.6 Å². The molecule has 4 rings (SSSR count). The Morgan fingerprint density at radius 3 is 2.48 bits per heavy atom. The van der Waals surface area contributed by atoms with E-state index in [2.05, 4.69) is 13.8 Å². The summed E-state index contributed by atoms with van der Waals surface area (Å²) < 4.78 is 0. The van der Waals surface area contributed by atoms with Gasteiger partial charge in [-0.25, -0.2) is 0 Å². The molecule has 138 valence electrons. The second-order valence-electron chi connectivity index (χ2n) is 9.82. The van der Waals surface area contributed by atoms with Crippen LogP contribution in [0.2, 0.25) is 0 Å². The fraction of sp³-hybridized carbons (Fsp3) is 0.857. The maximum absolute atomic E-state index is 13.1. The number of Topliss-reactive ketones (excluding diaryl/α,β-unsaturated/α-hetero) is 3. The number of carbonyl (C=O) groups is 3. The van der Waals surface area contributed by atoms with Crippen molar-refractivity contribution in [1.82, 2.24) is 0 Å². The Balaban J connectivity index is 1.67. The van der Waals surface area contributed by atoms with Crippen LogP contribution in [0.15, 0.2) is 0 Å². The molecular weight excluding hydrogens is 316 g/mol. The summed E-state index contributed by atoms with van der Waals surface area (Å²) in [6, 6.07) is 0. The van der Waals surface area contributed by atoms with Crippen LogP contribution in [0.4, 0.5) is 0 Å². The lowest BCUT2D eigenvalue weighted by molar-refractivity contribution is -0.172. The molecule has 0 radical (unpaired) electrons. The predicted molar refractivity (Wildman–Crippen MR) is 92.8 cm³/mol. The first-order chi connectivity index (χ1) is 11.6. The number of carbonyl (C=O) groups excluding carboxylic acids is 3. The summed E-state index contributed by atoms with van der Waals surface area (Å²) in [6.45, 7) is 5.83. The second kappa shape index (κ2) is 5.25. The highest BCUT2D eigenvalue weighted by molar-refractivity contribution is 5.91. The Hall–Kier alpha value is -1.03. The first-order valence-corrected chi connectivity index (χ1v) is 9.91. The van der Waals surface area contributed by atoms with Gasteiger partial charge in [0.1, 0.15) is 17.2 Å². The lowest BCUT2D eigenvalue weighted by Gasteiger charge is -2.60. The maximum atomic E-state index is 13.1. The summed E-state index contributed by atoms with van der Waals surface area (Å²) in [7, 11) is 0. The normalized spacial score (nSPS) is 52.3. The molecule has 1 N–H and O–H groups in total. The zero-order chi connectivity index (χ0) is 18.2. The Morgan fingerprint density at radius 2 is 1.80 bits per heavy atom. The van der Waals surface area contributed by atoms with Gasteiger partial charge in [0.2, 0.25) is 0 Å². The van der Waals surface area contributed by atoms with Gasteiger partial charge in [0, 0.05) is 24.2 Å². The fourth-order valence-corrected chi connectivity index (χ4v) is 7.02. The van der Waals surface area contributed by atoms with Gasteiger partial charge in [-0.2, -0.15) is 0 Å². The monoisotopic (exact) mass is 346 g/mol. The first kappa shape index (κ1) is 17.4. The summed E-state index contributed by atoms with van der Waals surface area (Å²) in [5.74, 6) is 1.08. The highest BCUT2D eigenvalue weighted by atomic mass is 16.3. The first-order valence-electron chi connectivity index (χ1n) is 9.91. The molecule has 4 aliphatic carbocycles. The summed E-state index contributed by atoms with van der Waals surface area (Å²) in [5, 5.41) is 10.7. The van der Waals surface area contributed by atoms with Gasteiger partial charge in [0.25, 0.3) is 0 Å². The summed E-state index contributed by atoms with van der Waals surface area (Å²) in [6.07, 6.45) is 5.52. The number of hydrogen-bond acceptors (Lipinski definition) is 4. The molecule has 4 heteroatoms. The van der Waals surface area contributed by atoms with Crippen LogP contribution in [0, 0.1) is 34.5 Å². The SMILES string of the molecule is CC(=O)[C@@]1(O)CC[C@@]2(C)[C@@H](CC(=O)[C@@H]3[C@H]4CCC(=O)[C@@]4(C)CC[C@@H]32)C1. The van der Waals surface area contributed by atoms with Crippen molar-refractivity contribution < 1.29 is 19.5 Å². The van der Waals surface area contributed by atoms with Crippen LogP contribution in [0.3, 0.4) is 0 Å². The molecule has 0 spiro atoms. The van der Waals surface area contributed by atoms with E-state index in [9.17, 15) is 19.5 Å². The molecule has 0 aromatic heterocycles. The second-order valence-corrected chi connectivity index (χ2v) is 9.82. The smallest absolute Gasteiger partial charge is 0.161 e. The van der Waals surface area contributed by atoms with Gasteiger partial charge in [-0.15, -0.1) is 0 Å². The molecule has 0 bridgehead atoms. The van der Waals surface area contributed by atoms with Crippen molar-refractivity contribution in [2.45, 2.75) is 77.7 Å². The predicted octanol–water partition coefficient (Wildman–Crippen LogP) is 3.10. The van der Waals surface area contributed by atoms with E-state index in [0.29, 0.717) is 37.4 Å². The van der Waals surface area contributed by atoms with Crippen LogP contribution in [-0.2, 0) is 14.4 Å². The van der Waals surface area contributed by atoms with Gasteiger partial charge < -0.3 is 5.11 Å². The molecule has 25 heavy (non-hydrogen) atoms. The number of hydrogen-bond donors (Lipinski definition) is 1. The van der Waals surface area contributed by atoms with Crippen LogP contribution < -0.4 is 0 Å². The molecule has 7 atom stereocenters. The summed E-state index contributed by atoms with van der Waals surface area (Å²) >= 11 is 0. The molecule has 4 fully saturated rings. The standard InChI is InChI=1S/C21H30O4/c1-12(22)21(25)9-8-19(2)13(11-21)10-16(23)18-14-4-5-17(24)20(14,3)7-6-15(18)19/h13-15,18,25H,4-11H2,1-3H3/t13-,14+,15-,18+,19-,20-,21+/m0/s1. The summed E-state index contributed by atoms with van der Waals surface area (Å²) in [5.41, 5.74) is -1.54. The Kier molecular flexibility index (Phi) is 3.65. The average Bonchev–Trinajstić information content (AvgIpc) is 2.85. The van der Waals surface area contributed by atoms with E-state index >= 15 is 0 Å². The third kappa shape index (κ3) is 2.19. The van der Waals surface area contributed by atoms with Crippen molar-refractivity contribution in [2.24, 2.45) is 34.5 Å². The van der Waals surface area contributed by atoms with E-state index in [0.717, 1.165) is 25.7 Å². The van der Waals surface area contributed by atoms with Crippen molar-refractivity contribution in [2.75, 3.05) is 0 Å². The number of fused-ring (bicyclic) bond motifs is 5. The van der Waals surface area contributed by atoms with Crippen molar-refractivity contribution in [1.29, 1.82) is 0 Å². The van der Waals surface area contributed by atoms with Gasteiger partial charge in [0.15, 0.2) is 5.78 Å². The molecule has 4 saturated carbocycles. The molecule has 4 nitrogen and oxygen atoms in total. The Bertz CT molecular complexity index is 654. The maximum Gasteiger partial charge on any atom is 0.161 e. The lowest BCUT2D eigenvalue weighted by atomic mass is 9.44. The van der Waals surface area contributed by atoms with Gasteiger partial charge in [0.05, 0.1) is 0 Å². The Morgan fingerprint density at radius 1 is 1.08 bits per heavy atom. The zero-order valence-corrected chi connectivity index (χ0v) is 15.6. The molecule has 0 aromatic carbocycles. The highest BCUT2D eigenvalue weighted by Gasteiger charge is 2.64. The van der Waals surface area contributed by atoms with Crippen LogP contribution in [0.25, 0.3) is 0 Å². The fourth-order valence-electron chi connectivity index (χ4n) is 7.02. The third-order valence-corrected chi connectivity index (χ3v) is 8.90. The van der Waals surface area contributed by atoms with Crippen molar-refractivity contribution in [3.05, 3.63) is 0 Å². The van der Waals surface area contributed by atoms with E-state index in [-0.39, 0.29) is 40.2 Å². The van der Waals surface area contributed by atoms with E-state index in [4.69, 9.17) is 0 Å².